The molecular formula is C30H43N5O2Si. The summed E-state index contributed by atoms with van der Waals surface area (Å²) in [7, 11) is -1.78. The minimum atomic E-state index is -1.78. The van der Waals surface area contributed by atoms with Crippen LogP contribution in [0.25, 0.3) is 0 Å². The maximum Gasteiger partial charge on any atom is 0.192 e. The lowest BCUT2D eigenvalue weighted by atomic mass is 9.89. The van der Waals surface area contributed by atoms with Gasteiger partial charge in [0.2, 0.25) is 0 Å². The standard InChI is InChI=1S/C30H43N5O2Si/c1-8-23(9-2)29(35-22-32-21-33-35)24-10-13-27(14-11-24)34-28-15-12-25(26(18-28)19-31)20-36-16-17-37-38(6,7)30(3,4)5/h10-15,18,21-23,29,34H,8-9,16-17,20H2,1-7H3. The number of nitriles is 1. The summed E-state index contributed by atoms with van der Waals surface area (Å²) in [5.74, 6) is 0.474. The molecule has 0 saturated carbocycles. The molecule has 3 rings (SSSR count). The van der Waals surface area contributed by atoms with Crippen molar-refractivity contribution in [2.75, 3.05) is 18.5 Å². The zero-order chi connectivity index (χ0) is 27.8. The van der Waals surface area contributed by atoms with Crippen LogP contribution < -0.4 is 5.32 Å². The summed E-state index contributed by atoms with van der Waals surface area (Å²) in [6, 6.07) is 16.7. The second-order valence-electron chi connectivity index (χ2n) is 11.3. The van der Waals surface area contributed by atoms with Crippen molar-refractivity contribution in [2.45, 2.75) is 78.2 Å². The molecule has 0 aliphatic carbocycles. The molecule has 0 aliphatic heterocycles. The molecule has 38 heavy (non-hydrogen) atoms. The van der Waals surface area contributed by atoms with Gasteiger partial charge < -0.3 is 14.5 Å². The third-order valence-electron chi connectivity index (χ3n) is 7.74. The number of anilines is 2. The lowest BCUT2D eigenvalue weighted by molar-refractivity contribution is 0.0844. The molecule has 7 nitrogen and oxygen atoms in total. The van der Waals surface area contributed by atoms with Gasteiger partial charge in [0, 0.05) is 11.4 Å². The van der Waals surface area contributed by atoms with E-state index >= 15 is 0 Å². The van der Waals surface area contributed by atoms with Crippen LogP contribution in [0.3, 0.4) is 0 Å². The molecule has 0 fully saturated rings. The van der Waals surface area contributed by atoms with E-state index in [1.807, 2.05) is 22.9 Å². The Kier molecular flexibility index (Phi) is 10.3. The van der Waals surface area contributed by atoms with Gasteiger partial charge in [0.15, 0.2) is 8.32 Å². The maximum atomic E-state index is 9.73. The number of aromatic nitrogens is 3. The molecule has 0 radical (unpaired) electrons. The van der Waals surface area contributed by atoms with E-state index in [0.717, 1.165) is 29.8 Å². The Bertz CT molecular complexity index is 1180. The van der Waals surface area contributed by atoms with Crippen molar-refractivity contribution in [3.05, 3.63) is 71.8 Å². The van der Waals surface area contributed by atoms with E-state index in [4.69, 9.17) is 9.16 Å². The van der Waals surface area contributed by atoms with Gasteiger partial charge in [-0.3, -0.25) is 0 Å². The van der Waals surface area contributed by atoms with Gasteiger partial charge in [-0.15, -0.1) is 0 Å². The van der Waals surface area contributed by atoms with Gasteiger partial charge in [0.05, 0.1) is 37.5 Å². The van der Waals surface area contributed by atoms with Gasteiger partial charge in [0.25, 0.3) is 0 Å². The normalized spacial score (nSPS) is 12.9. The first-order valence-electron chi connectivity index (χ1n) is 13.6. The van der Waals surface area contributed by atoms with Crippen molar-refractivity contribution in [3.63, 3.8) is 0 Å². The molecular weight excluding hydrogens is 490 g/mol. The molecule has 0 spiro atoms. The Balaban J connectivity index is 1.61. The number of hydrogen-bond donors (Lipinski definition) is 1. The number of nitrogens with zero attached hydrogens (tertiary/aromatic N) is 4. The molecule has 1 N–H and O–H groups in total. The summed E-state index contributed by atoms with van der Waals surface area (Å²) in [5, 5.41) is 17.8. The molecule has 1 unspecified atom stereocenters. The second-order valence-corrected chi connectivity index (χ2v) is 16.1. The largest absolute Gasteiger partial charge is 0.414 e. The minimum absolute atomic E-state index is 0.151. The van der Waals surface area contributed by atoms with Crippen LogP contribution in [-0.2, 0) is 15.8 Å². The van der Waals surface area contributed by atoms with E-state index in [-0.39, 0.29) is 11.1 Å². The van der Waals surface area contributed by atoms with Gasteiger partial charge in [-0.1, -0.05) is 65.7 Å². The quantitative estimate of drug-likeness (QED) is 0.181. The number of nitrogens with one attached hydrogen (secondary N) is 1. The van der Waals surface area contributed by atoms with E-state index in [1.54, 1.807) is 12.7 Å². The Morgan fingerprint density at radius 3 is 2.29 bits per heavy atom. The summed E-state index contributed by atoms with van der Waals surface area (Å²) >= 11 is 0. The Morgan fingerprint density at radius 2 is 1.71 bits per heavy atom. The third-order valence-corrected chi connectivity index (χ3v) is 12.3. The first-order chi connectivity index (χ1) is 18.1. The lowest BCUT2D eigenvalue weighted by Crippen LogP contribution is -2.41. The zero-order valence-corrected chi connectivity index (χ0v) is 25.0. The SMILES string of the molecule is CCC(CC)C(c1ccc(Nc2ccc(COCCO[Si](C)(C)C(C)(C)C)c(C#N)c2)cc1)n1cncn1. The zero-order valence-electron chi connectivity index (χ0n) is 24.0. The Hall–Kier alpha value is -2.99. The van der Waals surface area contributed by atoms with E-state index in [1.165, 1.54) is 5.56 Å². The van der Waals surface area contributed by atoms with Gasteiger partial charge in [-0.05, 0) is 59.4 Å². The van der Waals surface area contributed by atoms with Crippen molar-refractivity contribution in [1.29, 1.82) is 5.26 Å². The summed E-state index contributed by atoms with van der Waals surface area (Å²) in [6.45, 7) is 17.1. The molecule has 1 heterocycles. The molecule has 8 heteroatoms. The van der Waals surface area contributed by atoms with Crippen LogP contribution in [0.5, 0.6) is 0 Å². The van der Waals surface area contributed by atoms with Crippen molar-refractivity contribution in [3.8, 4) is 6.07 Å². The first kappa shape index (κ1) is 29.6. The number of hydrogen-bond acceptors (Lipinski definition) is 6. The van der Waals surface area contributed by atoms with Crippen molar-refractivity contribution >= 4 is 19.7 Å². The average Bonchev–Trinajstić information content (AvgIpc) is 3.42. The monoisotopic (exact) mass is 533 g/mol. The highest BCUT2D eigenvalue weighted by Gasteiger charge is 2.36. The highest BCUT2D eigenvalue weighted by atomic mass is 28.4. The van der Waals surface area contributed by atoms with E-state index in [2.05, 4.69) is 93.4 Å². The second kappa shape index (κ2) is 13.2. The molecule has 204 valence electrons. The van der Waals surface area contributed by atoms with Gasteiger partial charge in [-0.25, -0.2) is 9.67 Å². The van der Waals surface area contributed by atoms with E-state index in [9.17, 15) is 5.26 Å². The fourth-order valence-electron chi connectivity index (χ4n) is 4.31. The van der Waals surface area contributed by atoms with Gasteiger partial charge >= 0.3 is 0 Å². The summed E-state index contributed by atoms with van der Waals surface area (Å²) in [5.41, 5.74) is 4.52. The van der Waals surface area contributed by atoms with Crippen LogP contribution in [0, 0.1) is 17.2 Å². The van der Waals surface area contributed by atoms with E-state index < -0.39 is 8.32 Å². The number of rotatable bonds is 13. The predicted molar refractivity (Wildman–Crippen MR) is 156 cm³/mol. The molecule has 0 saturated heterocycles. The van der Waals surface area contributed by atoms with Crippen molar-refractivity contribution < 1.29 is 9.16 Å². The number of ether oxygens (including phenoxy) is 1. The maximum absolute atomic E-state index is 9.73. The molecule has 0 amide bonds. The predicted octanol–water partition coefficient (Wildman–Crippen LogP) is 7.46. The summed E-state index contributed by atoms with van der Waals surface area (Å²) in [4.78, 5) is 4.16. The van der Waals surface area contributed by atoms with Crippen LogP contribution >= 0.6 is 0 Å². The van der Waals surface area contributed by atoms with Crippen LogP contribution in [0.2, 0.25) is 18.1 Å². The van der Waals surface area contributed by atoms with Crippen molar-refractivity contribution in [1.82, 2.24) is 14.8 Å². The fourth-order valence-corrected chi connectivity index (χ4v) is 5.33. The third kappa shape index (κ3) is 7.53. The molecule has 2 aromatic carbocycles. The molecule has 0 bridgehead atoms. The Morgan fingerprint density at radius 1 is 1.03 bits per heavy atom. The molecule has 0 aliphatic rings. The van der Waals surface area contributed by atoms with Gasteiger partial charge in [0.1, 0.15) is 12.7 Å². The number of benzene rings is 2. The molecule has 3 aromatic rings. The first-order valence-corrected chi connectivity index (χ1v) is 16.5. The van der Waals surface area contributed by atoms with Crippen LogP contribution in [-0.4, -0.2) is 36.3 Å². The fraction of sp³-hybridized carbons (Fsp3) is 0.500. The van der Waals surface area contributed by atoms with Gasteiger partial charge in [-0.2, -0.15) is 10.4 Å². The van der Waals surface area contributed by atoms with E-state index in [0.29, 0.717) is 31.3 Å². The summed E-state index contributed by atoms with van der Waals surface area (Å²) in [6.07, 6.45) is 5.52. The Labute approximate surface area is 229 Å². The average molecular weight is 534 g/mol. The smallest absolute Gasteiger partial charge is 0.192 e. The molecule has 1 aromatic heterocycles. The highest BCUT2D eigenvalue weighted by molar-refractivity contribution is 6.74. The van der Waals surface area contributed by atoms with Crippen LogP contribution in [0.1, 0.15) is 70.2 Å². The topological polar surface area (TPSA) is 85.0 Å². The minimum Gasteiger partial charge on any atom is -0.414 e. The lowest BCUT2D eigenvalue weighted by Gasteiger charge is -2.36. The van der Waals surface area contributed by atoms with Crippen LogP contribution in [0.15, 0.2) is 55.1 Å². The molecule has 1 atom stereocenters. The summed E-state index contributed by atoms with van der Waals surface area (Å²) < 4.78 is 14.0. The van der Waals surface area contributed by atoms with Crippen LogP contribution in [0.4, 0.5) is 11.4 Å². The highest BCUT2D eigenvalue weighted by Crippen LogP contribution is 2.36. The van der Waals surface area contributed by atoms with Crippen molar-refractivity contribution in [2.24, 2.45) is 5.92 Å².